The van der Waals surface area contributed by atoms with Crippen LogP contribution in [0.25, 0.3) is 5.76 Å². The van der Waals surface area contributed by atoms with Crippen LogP contribution in [0, 0.1) is 6.92 Å². The number of hydrogen-bond donors (Lipinski definition) is 1. The van der Waals surface area contributed by atoms with Crippen LogP contribution in [0.3, 0.4) is 0 Å². The highest BCUT2D eigenvalue weighted by atomic mass is 19.4. The number of aryl methyl sites for hydroxylation is 1. The molecule has 0 saturated carbocycles. The van der Waals surface area contributed by atoms with Gasteiger partial charge < -0.3 is 5.11 Å². The van der Waals surface area contributed by atoms with Crippen LogP contribution in [0.5, 0.6) is 0 Å². The summed E-state index contributed by atoms with van der Waals surface area (Å²) in [5, 5.41) is 11.1. The Hall–Kier alpha value is -4.08. The van der Waals surface area contributed by atoms with E-state index in [9.17, 15) is 41.0 Å². The number of halogens is 6. The highest BCUT2D eigenvalue weighted by Gasteiger charge is 2.48. The van der Waals surface area contributed by atoms with Crippen molar-refractivity contribution in [3.05, 3.63) is 106 Å². The summed E-state index contributed by atoms with van der Waals surface area (Å²) in [5.74, 6) is -3.07. The largest absolute Gasteiger partial charge is 0.507 e. The number of alkyl halides is 6. The number of aliphatic hydroxyl groups excluding tert-OH is 1. The van der Waals surface area contributed by atoms with Crippen molar-refractivity contribution in [1.82, 2.24) is 0 Å². The molecule has 3 aromatic rings. The molecule has 1 heterocycles. The van der Waals surface area contributed by atoms with E-state index in [1.165, 1.54) is 24.3 Å². The van der Waals surface area contributed by atoms with Crippen LogP contribution in [0.15, 0.2) is 72.3 Å². The Kier molecular flexibility index (Phi) is 7.10. The van der Waals surface area contributed by atoms with Gasteiger partial charge in [-0.25, -0.2) is 0 Å². The Morgan fingerprint density at radius 3 is 1.79 bits per heavy atom. The molecule has 0 aromatic heterocycles. The summed E-state index contributed by atoms with van der Waals surface area (Å²) in [6.07, 6.45) is -10.3. The Balaban J connectivity index is 2.03. The Bertz CT molecular complexity index is 1420. The van der Waals surface area contributed by atoms with E-state index in [1.54, 1.807) is 31.2 Å². The fraction of sp³-hybridized carbons (Fsp3) is 0.241. The molecule has 1 unspecified atom stereocenters. The Morgan fingerprint density at radius 2 is 1.33 bits per heavy atom. The van der Waals surface area contributed by atoms with E-state index in [0.717, 1.165) is 16.0 Å². The second kappa shape index (κ2) is 9.91. The minimum atomic E-state index is -5.16. The SMILES string of the molecule is Cc1ccc(C(O)=C2C(=O)C(=O)N(c3ccc(C(C)C)cc3)C2c2cc(C(F)(F)F)cc(C(F)(F)F)c2)cc1. The predicted molar refractivity (Wildman–Crippen MR) is 133 cm³/mol. The van der Waals surface area contributed by atoms with Gasteiger partial charge in [-0.2, -0.15) is 26.3 Å². The van der Waals surface area contributed by atoms with Crippen molar-refractivity contribution >= 4 is 23.1 Å². The lowest BCUT2D eigenvalue weighted by atomic mass is 9.92. The molecule has 4 nitrogen and oxygen atoms in total. The number of nitrogens with zero attached hydrogens (tertiary/aromatic N) is 1. The van der Waals surface area contributed by atoms with Gasteiger partial charge in [0.15, 0.2) is 0 Å². The number of carbonyl (C=O) groups is 2. The molecule has 1 atom stereocenters. The van der Waals surface area contributed by atoms with Crippen LogP contribution in [0.2, 0.25) is 0 Å². The van der Waals surface area contributed by atoms with Gasteiger partial charge in [0.2, 0.25) is 0 Å². The number of anilines is 1. The first-order valence-electron chi connectivity index (χ1n) is 11.9. The van der Waals surface area contributed by atoms with Gasteiger partial charge in [0, 0.05) is 11.3 Å². The average Bonchev–Trinajstić information content (AvgIpc) is 3.13. The first-order valence-corrected chi connectivity index (χ1v) is 11.9. The molecule has 4 rings (SSSR count). The smallest absolute Gasteiger partial charge is 0.416 e. The second-order valence-corrected chi connectivity index (χ2v) is 9.62. The summed E-state index contributed by atoms with van der Waals surface area (Å²) in [7, 11) is 0. The summed E-state index contributed by atoms with van der Waals surface area (Å²) >= 11 is 0. The van der Waals surface area contributed by atoms with Crippen LogP contribution in [-0.4, -0.2) is 16.8 Å². The molecule has 1 N–H and O–H groups in total. The number of benzene rings is 3. The van der Waals surface area contributed by atoms with Gasteiger partial charge in [0.05, 0.1) is 22.7 Å². The molecule has 1 fully saturated rings. The van der Waals surface area contributed by atoms with E-state index >= 15 is 0 Å². The van der Waals surface area contributed by atoms with Gasteiger partial charge >= 0.3 is 12.4 Å². The zero-order chi connectivity index (χ0) is 28.9. The van der Waals surface area contributed by atoms with Crippen molar-refractivity contribution in [2.75, 3.05) is 4.90 Å². The predicted octanol–water partition coefficient (Wildman–Crippen LogP) is 7.78. The van der Waals surface area contributed by atoms with Gasteiger partial charge in [-0.15, -0.1) is 0 Å². The van der Waals surface area contributed by atoms with Gasteiger partial charge in [0.25, 0.3) is 11.7 Å². The molecule has 3 aromatic carbocycles. The lowest BCUT2D eigenvalue weighted by Gasteiger charge is -2.27. The number of carbonyl (C=O) groups excluding carboxylic acids is 2. The van der Waals surface area contributed by atoms with E-state index in [1.807, 2.05) is 13.8 Å². The minimum Gasteiger partial charge on any atom is -0.507 e. The van der Waals surface area contributed by atoms with Crippen molar-refractivity contribution in [2.45, 2.75) is 45.1 Å². The second-order valence-electron chi connectivity index (χ2n) is 9.62. The molecule has 0 aliphatic carbocycles. The summed E-state index contributed by atoms with van der Waals surface area (Å²) in [6.45, 7) is 5.57. The highest BCUT2D eigenvalue weighted by molar-refractivity contribution is 6.51. The fourth-order valence-corrected chi connectivity index (χ4v) is 4.44. The first kappa shape index (κ1) is 27.9. The number of ketones is 1. The molecule has 1 aliphatic rings. The van der Waals surface area contributed by atoms with Crippen molar-refractivity contribution < 1.29 is 41.0 Å². The molecule has 204 valence electrons. The highest BCUT2D eigenvalue weighted by Crippen LogP contribution is 2.45. The number of rotatable bonds is 4. The lowest BCUT2D eigenvalue weighted by Crippen LogP contribution is -2.30. The van der Waals surface area contributed by atoms with Crippen molar-refractivity contribution in [3.63, 3.8) is 0 Å². The summed E-state index contributed by atoms with van der Waals surface area (Å²) in [6, 6.07) is 11.4. The zero-order valence-corrected chi connectivity index (χ0v) is 21.0. The molecule has 1 amide bonds. The molecule has 1 saturated heterocycles. The van der Waals surface area contributed by atoms with E-state index in [4.69, 9.17) is 0 Å². The summed E-state index contributed by atoms with van der Waals surface area (Å²) in [5.41, 5.74) is -2.68. The lowest BCUT2D eigenvalue weighted by molar-refractivity contribution is -0.143. The maximum atomic E-state index is 13.7. The van der Waals surface area contributed by atoms with Crippen LogP contribution < -0.4 is 4.90 Å². The number of hydrogen-bond acceptors (Lipinski definition) is 3. The molecule has 0 spiro atoms. The zero-order valence-electron chi connectivity index (χ0n) is 21.0. The third-order valence-corrected chi connectivity index (χ3v) is 6.53. The van der Waals surface area contributed by atoms with Crippen molar-refractivity contribution in [2.24, 2.45) is 0 Å². The molecule has 39 heavy (non-hydrogen) atoms. The maximum Gasteiger partial charge on any atom is 0.416 e. The third kappa shape index (κ3) is 5.41. The molecule has 0 radical (unpaired) electrons. The van der Waals surface area contributed by atoms with Crippen LogP contribution in [0.1, 0.15) is 59.2 Å². The molecule has 0 bridgehead atoms. The number of aliphatic hydroxyl groups is 1. The monoisotopic (exact) mass is 547 g/mol. The average molecular weight is 547 g/mol. The van der Waals surface area contributed by atoms with Crippen LogP contribution in [0.4, 0.5) is 32.0 Å². The van der Waals surface area contributed by atoms with Crippen LogP contribution >= 0.6 is 0 Å². The molecule has 10 heteroatoms. The Labute approximate surface area is 220 Å². The van der Waals surface area contributed by atoms with E-state index in [0.29, 0.717) is 12.1 Å². The van der Waals surface area contributed by atoms with Gasteiger partial charge in [-0.05, 0) is 54.3 Å². The molecule has 1 aliphatic heterocycles. The molecular formula is C29H23F6NO3. The van der Waals surface area contributed by atoms with Gasteiger partial charge in [-0.1, -0.05) is 55.8 Å². The fourth-order valence-electron chi connectivity index (χ4n) is 4.44. The normalized spacial score (nSPS) is 17.8. The third-order valence-electron chi connectivity index (χ3n) is 6.53. The summed E-state index contributed by atoms with van der Waals surface area (Å²) in [4.78, 5) is 27.3. The van der Waals surface area contributed by atoms with Crippen LogP contribution in [-0.2, 0) is 21.9 Å². The quantitative estimate of drug-likeness (QED) is 0.157. The van der Waals surface area contributed by atoms with Crippen molar-refractivity contribution in [1.29, 1.82) is 0 Å². The Morgan fingerprint density at radius 1 is 0.821 bits per heavy atom. The van der Waals surface area contributed by atoms with E-state index < -0.39 is 58.1 Å². The minimum absolute atomic E-state index is 0.0346. The maximum absolute atomic E-state index is 13.7. The van der Waals surface area contributed by atoms with Crippen molar-refractivity contribution in [3.8, 4) is 0 Å². The first-order chi connectivity index (χ1) is 18.1. The van der Waals surface area contributed by atoms with Gasteiger partial charge in [0.1, 0.15) is 5.76 Å². The van der Waals surface area contributed by atoms with E-state index in [-0.39, 0.29) is 23.2 Å². The van der Waals surface area contributed by atoms with Gasteiger partial charge in [-0.3, -0.25) is 14.5 Å². The van der Waals surface area contributed by atoms with E-state index in [2.05, 4.69) is 0 Å². The number of Topliss-reactive ketones (excluding diaryl/α,β-unsaturated/α-hetero) is 1. The topological polar surface area (TPSA) is 57.6 Å². The summed E-state index contributed by atoms with van der Waals surface area (Å²) < 4.78 is 82.2. The standard InChI is InChI=1S/C29H23F6NO3/c1-15(2)17-8-10-22(11-9-17)36-24(19-12-20(28(30,31)32)14-21(13-19)29(33,34)35)23(26(38)27(36)39)25(37)18-6-4-16(3)5-7-18/h4-15,24,37H,1-3H3. The molecular weight excluding hydrogens is 524 g/mol. The number of amides is 1.